The summed E-state index contributed by atoms with van der Waals surface area (Å²) >= 11 is 0. The lowest BCUT2D eigenvalue weighted by atomic mass is 9.94. The third-order valence-corrected chi connectivity index (χ3v) is 5.14. The Morgan fingerprint density at radius 3 is 2.55 bits per heavy atom. The number of halogens is 1. The maximum Gasteiger partial charge on any atom is 0.418 e. The van der Waals surface area contributed by atoms with Crippen molar-refractivity contribution in [2.24, 2.45) is 0 Å². The summed E-state index contributed by atoms with van der Waals surface area (Å²) in [7, 11) is -3.82. The molecular formula is C21H24BFN2O5S. The predicted octanol–water partition coefficient (Wildman–Crippen LogP) is 2.25. The molecule has 1 heterocycles. The molecule has 0 aliphatic heterocycles. The van der Waals surface area contributed by atoms with Gasteiger partial charge in [-0.15, -0.1) is 0 Å². The van der Waals surface area contributed by atoms with Gasteiger partial charge in [-0.05, 0) is 67.8 Å². The molecule has 0 amide bonds. The van der Waals surface area contributed by atoms with E-state index in [9.17, 15) is 22.6 Å². The molecule has 0 bridgehead atoms. The lowest BCUT2D eigenvalue weighted by Gasteiger charge is -2.20. The van der Waals surface area contributed by atoms with E-state index in [4.69, 9.17) is 4.74 Å². The summed E-state index contributed by atoms with van der Waals surface area (Å²) in [4.78, 5) is 12.8. The fourth-order valence-corrected chi connectivity index (χ4v) is 3.73. The number of sulfonamides is 1. The van der Waals surface area contributed by atoms with E-state index in [-0.39, 0.29) is 14.0 Å². The second kappa shape index (κ2) is 8.45. The van der Waals surface area contributed by atoms with Gasteiger partial charge in [0.05, 0.1) is 11.8 Å². The van der Waals surface area contributed by atoms with Gasteiger partial charge in [-0.1, -0.05) is 12.1 Å². The number of hydrogen-bond acceptors (Lipinski definition) is 5. The van der Waals surface area contributed by atoms with Gasteiger partial charge in [0.25, 0.3) is 0 Å². The van der Waals surface area contributed by atoms with Crippen molar-refractivity contribution in [3.05, 3.63) is 53.8 Å². The second-order valence-corrected chi connectivity index (χ2v) is 10.1. The van der Waals surface area contributed by atoms with Crippen molar-refractivity contribution in [2.75, 3.05) is 6.26 Å². The number of rotatable bonds is 5. The highest BCUT2D eigenvalue weighted by molar-refractivity contribution is 7.88. The molecule has 3 aromatic rings. The molecule has 1 aromatic heterocycles. The van der Waals surface area contributed by atoms with Crippen LogP contribution in [0.4, 0.5) is 9.18 Å². The van der Waals surface area contributed by atoms with E-state index < -0.39 is 27.5 Å². The average molecular weight is 446 g/mol. The lowest BCUT2D eigenvalue weighted by Crippen LogP contribution is -2.34. The lowest BCUT2D eigenvalue weighted by molar-refractivity contribution is 0.0549. The minimum absolute atomic E-state index is 0.0552. The zero-order valence-electron chi connectivity index (χ0n) is 17.8. The number of nitrogens with zero attached hydrogens (tertiary/aromatic N) is 1. The van der Waals surface area contributed by atoms with Gasteiger partial charge < -0.3 is 9.76 Å². The number of nitrogens with one attached hydrogen (secondary N) is 1. The highest BCUT2D eigenvalue weighted by Gasteiger charge is 2.23. The van der Waals surface area contributed by atoms with Crippen LogP contribution in [0, 0.1) is 5.82 Å². The van der Waals surface area contributed by atoms with Gasteiger partial charge in [-0.2, -0.15) is 0 Å². The van der Waals surface area contributed by atoms with E-state index in [1.165, 1.54) is 16.7 Å². The summed E-state index contributed by atoms with van der Waals surface area (Å²) in [6.45, 7) is 5.19. The Kier molecular flexibility index (Phi) is 6.27. The second-order valence-electron chi connectivity index (χ2n) is 8.29. The molecule has 0 aliphatic carbocycles. The molecule has 31 heavy (non-hydrogen) atoms. The van der Waals surface area contributed by atoms with Crippen LogP contribution >= 0.6 is 0 Å². The van der Waals surface area contributed by atoms with Crippen molar-refractivity contribution in [1.29, 1.82) is 0 Å². The standard InChI is InChI=1S/C21H24BFN2O5S/c1-21(2,3)30-20(26)25-18-7-5-6-16(17(18)11-19(25)22-27)14-8-13(9-15(23)10-14)12-24-31(4,28)29/h5-11,22,24,27H,12H2,1-4H3. The van der Waals surface area contributed by atoms with Crippen molar-refractivity contribution >= 4 is 40.1 Å². The van der Waals surface area contributed by atoms with Crippen LogP contribution < -0.4 is 10.3 Å². The molecule has 10 heteroatoms. The highest BCUT2D eigenvalue weighted by atomic mass is 32.2. The van der Waals surface area contributed by atoms with Gasteiger partial charge >= 0.3 is 13.6 Å². The van der Waals surface area contributed by atoms with E-state index in [2.05, 4.69) is 4.72 Å². The number of fused-ring (bicyclic) bond motifs is 1. The number of ether oxygens (including phenoxy) is 1. The molecular weight excluding hydrogens is 422 g/mol. The topological polar surface area (TPSA) is 97.6 Å². The van der Waals surface area contributed by atoms with Gasteiger partial charge in [0, 0.05) is 17.5 Å². The van der Waals surface area contributed by atoms with Crippen molar-refractivity contribution in [1.82, 2.24) is 9.29 Å². The zero-order chi connectivity index (χ0) is 23.0. The molecule has 0 aliphatic rings. The molecule has 0 spiro atoms. The molecule has 7 nitrogen and oxygen atoms in total. The van der Waals surface area contributed by atoms with Gasteiger partial charge in [0.15, 0.2) is 0 Å². The van der Waals surface area contributed by atoms with E-state index in [1.54, 1.807) is 51.1 Å². The molecule has 0 unspecified atom stereocenters. The molecule has 0 atom stereocenters. The van der Waals surface area contributed by atoms with Crippen LogP contribution in [0.25, 0.3) is 22.0 Å². The first-order valence-corrected chi connectivity index (χ1v) is 11.5. The van der Waals surface area contributed by atoms with Gasteiger partial charge in [-0.3, -0.25) is 4.57 Å². The summed E-state index contributed by atoms with van der Waals surface area (Å²) in [6, 6.07) is 11.1. The maximum atomic E-state index is 14.3. The summed E-state index contributed by atoms with van der Waals surface area (Å²) < 4.78 is 46.2. The van der Waals surface area contributed by atoms with E-state index in [0.29, 0.717) is 33.2 Å². The number of carbonyl (C=O) groups excluding carboxylic acids is 1. The summed E-state index contributed by atoms with van der Waals surface area (Å²) in [6.07, 6.45) is 0.407. The quantitative estimate of drug-likeness (QED) is 0.586. The Balaban J connectivity index is 2.12. The smallest absolute Gasteiger partial charge is 0.418 e. The van der Waals surface area contributed by atoms with E-state index >= 15 is 0 Å². The van der Waals surface area contributed by atoms with Crippen molar-refractivity contribution in [3.63, 3.8) is 0 Å². The number of benzene rings is 2. The van der Waals surface area contributed by atoms with E-state index in [1.807, 2.05) is 0 Å². The number of hydrogen-bond donors (Lipinski definition) is 2. The normalized spacial score (nSPS) is 12.2. The fraction of sp³-hybridized carbons (Fsp3) is 0.286. The Morgan fingerprint density at radius 2 is 1.94 bits per heavy atom. The maximum absolute atomic E-state index is 14.3. The fourth-order valence-electron chi connectivity index (χ4n) is 3.30. The molecule has 0 radical (unpaired) electrons. The van der Waals surface area contributed by atoms with Crippen LogP contribution in [-0.4, -0.2) is 43.4 Å². The number of aromatic nitrogens is 1. The van der Waals surface area contributed by atoms with Gasteiger partial charge in [0.2, 0.25) is 10.0 Å². The summed E-state index contributed by atoms with van der Waals surface area (Å²) in [5.41, 5.74) is 1.73. The predicted molar refractivity (Wildman–Crippen MR) is 120 cm³/mol. The Labute approximate surface area is 181 Å². The first kappa shape index (κ1) is 23.0. The largest absolute Gasteiger partial charge is 0.448 e. The van der Waals surface area contributed by atoms with Crippen LogP contribution in [0.5, 0.6) is 0 Å². The third kappa shape index (κ3) is 5.52. The van der Waals surface area contributed by atoms with Crippen LogP contribution in [0.1, 0.15) is 26.3 Å². The molecule has 0 saturated heterocycles. The van der Waals surface area contributed by atoms with Gasteiger partial charge in [-0.25, -0.2) is 22.3 Å². The van der Waals surface area contributed by atoms with Crippen molar-refractivity contribution in [2.45, 2.75) is 32.9 Å². The Hall–Kier alpha value is -2.69. The summed E-state index contributed by atoms with van der Waals surface area (Å²) in [5.74, 6) is -0.520. The zero-order valence-corrected chi connectivity index (χ0v) is 18.6. The first-order chi connectivity index (χ1) is 14.4. The van der Waals surface area contributed by atoms with Crippen LogP contribution in [0.2, 0.25) is 0 Å². The monoisotopic (exact) mass is 446 g/mol. The van der Waals surface area contributed by atoms with Crippen molar-refractivity contribution < 1.29 is 27.4 Å². The Bertz CT molecular complexity index is 1250. The average Bonchev–Trinajstić information content (AvgIpc) is 3.03. The minimum Gasteiger partial charge on any atom is -0.448 e. The van der Waals surface area contributed by atoms with Crippen LogP contribution in [0.15, 0.2) is 42.5 Å². The molecule has 0 saturated carbocycles. The molecule has 164 valence electrons. The molecule has 2 aromatic carbocycles. The van der Waals surface area contributed by atoms with Crippen LogP contribution in [-0.2, 0) is 21.3 Å². The van der Waals surface area contributed by atoms with Crippen LogP contribution in [0.3, 0.4) is 0 Å². The molecule has 3 rings (SSSR count). The first-order valence-electron chi connectivity index (χ1n) is 9.60. The minimum atomic E-state index is -3.43. The number of carbonyl (C=O) groups is 1. The summed E-state index contributed by atoms with van der Waals surface area (Å²) in [5, 5.41) is 10.4. The third-order valence-electron chi connectivity index (χ3n) is 4.47. The van der Waals surface area contributed by atoms with E-state index in [0.717, 1.165) is 6.26 Å². The van der Waals surface area contributed by atoms with Crippen molar-refractivity contribution in [3.8, 4) is 11.1 Å². The molecule has 2 N–H and O–H groups in total. The SMILES string of the molecule is CC(C)(C)OC(=O)n1c(BO)cc2c(-c3cc(F)cc(CNS(C)(=O)=O)c3)cccc21. The molecule has 0 fully saturated rings. The Morgan fingerprint density at radius 1 is 1.23 bits per heavy atom. The van der Waals surface area contributed by atoms with Gasteiger partial charge in [0.1, 0.15) is 11.4 Å². The highest BCUT2D eigenvalue weighted by Crippen LogP contribution is 2.30.